The minimum absolute atomic E-state index is 0.00842. The summed E-state index contributed by atoms with van der Waals surface area (Å²) in [5, 5.41) is 2.66. The fourth-order valence-corrected chi connectivity index (χ4v) is 3.47. The fourth-order valence-electron chi connectivity index (χ4n) is 3.47. The van der Waals surface area contributed by atoms with Gasteiger partial charge in [-0.3, -0.25) is 0 Å². The molecule has 5 heteroatoms. The van der Waals surface area contributed by atoms with Gasteiger partial charge in [0.2, 0.25) is 0 Å². The van der Waals surface area contributed by atoms with E-state index < -0.39 is 6.09 Å². The smallest absolute Gasteiger partial charge is 0.407 e. The van der Waals surface area contributed by atoms with E-state index in [0.717, 1.165) is 23.1 Å². The molecule has 4 nitrogen and oxygen atoms in total. The van der Waals surface area contributed by atoms with Crippen LogP contribution in [0.25, 0.3) is 0 Å². The molecule has 0 fully saturated rings. The van der Waals surface area contributed by atoms with Crippen molar-refractivity contribution in [2.45, 2.75) is 38.3 Å². The second kappa shape index (κ2) is 7.66. The summed E-state index contributed by atoms with van der Waals surface area (Å²) >= 11 is 0. The van der Waals surface area contributed by atoms with Crippen LogP contribution in [0.5, 0.6) is 0 Å². The minimum atomic E-state index is -0.433. The van der Waals surface area contributed by atoms with Crippen LogP contribution in [0.15, 0.2) is 42.5 Å². The molecule has 132 valence electrons. The standard InChI is InChI=1S/C20H23FN2O2/c1-2-23-20(24)25-19-11-14-10-18(21)15(12-22)9-16(14)17(19)8-13-6-4-3-5-7-13/h3-7,9-10,17,19H,2,8,11-12,22H2,1H3,(H,23,24). The molecule has 2 aromatic carbocycles. The Labute approximate surface area is 147 Å². The second-order valence-electron chi connectivity index (χ2n) is 6.32. The molecule has 0 aromatic heterocycles. The molecule has 3 rings (SSSR count). The van der Waals surface area contributed by atoms with Gasteiger partial charge in [0, 0.05) is 31.0 Å². The first-order chi connectivity index (χ1) is 12.1. The Morgan fingerprint density at radius 3 is 2.76 bits per heavy atom. The maximum atomic E-state index is 14.1. The van der Waals surface area contributed by atoms with E-state index in [9.17, 15) is 9.18 Å². The van der Waals surface area contributed by atoms with Gasteiger partial charge in [0.15, 0.2) is 0 Å². The summed E-state index contributed by atoms with van der Waals surface area (Å²) in [6, 6.07) is 13.4. The number of fused-ring (bicyclic) bond motifs is 1. The van der Waals surface area contributed by atoms with E-state index in [1.807, 2.05) is 31.2 Å². The van der Waals surface area contributed by atoms with Crippen LogP contribution in [0, 0.1) is 5.82 Å². The number of hydrogen-bond acceptors (Lipinski definition) is 3. The highest BCUT2D eigenvalue weighted by molar-refractivity contribution is 5.67. The molecule has 2 atom stereocenters. The third-order valence-corrected chi connectivity index (χ3v) is 4.68. The van der Waals surface area contributed by atoms with Crippen LogP contribution in [-0.4, -0.2) is 18.7 Å². The molecule has 0 bridgehead atoms. The Morgan fingerprint density at radius 2 is 2.08 bits per heavy atom. The van der Waals surface area contributed by atoms with Gasteiger partial charge in [-0.2, -0.15) is 0 Å². The number of hydrogen-bond donors (Lipinski definition) is 2. The van der Waals surface area contributed by atoms with Gasteiger partial charge in [-0.05, 0) is 36.1 Å². The Bertz CT molecular complexity index is 749. The number of halogens is 1. The van der Waals surface area contributed by atoms with E-state index in [2.05, 4.69) is 17.4 Å². The van der Waals surface area contributed by atoms with Crippen LogP contribution in [0.3, 0.4) is 0 Å². The Morgan fingerprint density at radius 1 is 1.32 bits per heavy atom. The highest BCUT2D eigenvalue weighted by Gasteiger charge is 2.36. The summed E-state index contributed by atoms with van der Waals surface area (Å²) in [7, 11) is 0. The Kier molecular flexibility index (Phi) is 5.34. The van der Waals surface area contributed by atoms with Gasteiger partial charge in [-0.15, -0.1) is 0 Å². The number of ether oxygens (including phenoxy) is 1. The molecule has 0 saturated heterocycles. The average Bonchev–Trinajstić information content (AvgIpc) is 2.91. The molecular formula is C20H23FN2O2. The van der Waals surface area contributed by atoms with Crippen LogP contribution >= 0.6 is 0 Å². The van der Waals surface area contributed by atoms with Crippen LogP contribution in [-0.2, 0) is 24.1 Å². The largest absolute Gasteiger partial charge is 0.445 e. The SMILES string of the molecule is CCNC(=O)OC1Cc2cc(F)c(CN)cc2C1Cc1ccccc1. The maximum Gasteiger partial charge on any atom is 0.407 e. The van der Waals surface area contributed by atoms with Crippen LogP contribution in [0.1, 0.15) is 35.1 Å². The van der Waals surface area contributed by atoms with Crippen LogP contribution in [0.4, 0.5) is 9.18 Å². The molecule has 2 unspecified atom stereocenters. The predicted molar refractivity (Wildman–Crippen MR) is 94.8 cm³/mol. The van der Waals surface area contributed by atoms with Crippen molar-refractivity contribution in [1.29, 1.82) is 0 Å². The van der Waals surface area contributed by atoms with Gasteiger partial charge < -0.3 is 15.8 Å². The number of carbonyl (C=O) groups is 1. The third kappa shape index (κ3) is 3.82. The van der Waals surface area contributed by atoms with Crippen LogP contribution < -0.4 is 11.1 Å². The van der Waals surface area contributed by atoms with Crippen LogP contribution in [0.2, 0.25) is 0 Å². The fraction of sp³-hybridized carbons (Fsp3) is 0.350. The van der Waals surface area contributed by atoms with Crippen molar-refractivity contribution < 1.29 is 13.9 Å². The molecule has 0 heterocycles. The lowest BCUT2D eigenvalue weighted by Gasteiger charge is -2.21. The molecule has 1 aliphatic rings. The summed E-state index contributed by atoms with van der Waals surface area (Å²) in [6.45, 7) is 2.50. The summed E-state index contributed by atoms with van der Waals surface area (Å²) in [4.78, 5) is 11.9. The quantitative estimate of drug-likeness (QED) is 0.876. The van der Waals surface area contributed by atoms with E-state index in [1.165, 1.54) is 6.07 Å². The number of alkyl carbamates (subject to hydrolysis) is 1. The van der Waals surface area contributed by atoms with Gasteiger partial charge in [-0.1, -0.05) is 36.4 Å². The zero-order chi connectivity index (χ0) is 17.8. The number of nitrogens with one attached hydrogen (secondary N) is 1. The van der Waals surface area contributed by atoms with Crippen molar-refractivity contribution in [3.8, 4) is 0 Å². The molecule has 2 aromatic rings. The number of benzene rings is 2. The summed E-state index contributed by atoms with van der Waals surface area (Å²) in [6.07, 6.45) is 0.506. The average molecular weight is 342 g/mol. The second-order valence-corrected chi connectivity index (χ2v) is 6.32. The van der Waals surface area contributed by atoms with E-state index in [0.29, 0.717) is 18.5 Å². The Balaban J connectivity index is 1.91. The number of rotatable bonds is 5. The maximum absolute atomic E-state index is 14.1. The normalized spacial score (nSPS) is 18.7. The number of amides is 1. The zero-order valence-electron chi connectivity index (χ0n) is 14.3. The van der Waals surface area contributed by atoms with Crippen molar-refractivity contribution >= 4 is 6.09 Å². The molecule has 0 aliphatic heterocycles. The lowest BCUT2D eigenvalue weighted by Crippen LogP contribution is -2.31. The Hall–Kier alpha value is -2.40. The van der Waals surface area contributed by atoms with Crippen molar-refractivity contribution in [3.05, 3.63) is 70.5 Å². The lowest BCUT2D eigenvalue weighted by atomic mass is 9.91. The number of carbonyl (C=O) groups excluding carboxylic acids is 1. The monoisotopic (exact) mass is 342 g/mol. The zero-order valence-corrected chi connectivity index (χ0v) is 14.3. The first-order valence-corrected chi connectivity index (χ1v) is 8.62. The summed E-state index contributed by atoms with van der Waals surface area (Å²) < 4.78 is 19.7. The third-order valence-electron chi connectivity index (χ3n) is 4.68. The molecule has 1 amide bonds. The molecule has 1 aliphatic carbocycles. The topological polar surface area (TPSA) is 64.3 Å². The first kappa shape index (κ1) is 17.4. The minimum Gasteiger partial charge on any atom is -0.445 e. The predicted octanol–water partition coefficient (Wildman–Crippen LogP) is 3.28. The first-order valence-electron chi connectivity index (χ1n) is 8.62. The van der Waals surface area contributed by atoms with Gasteiger partial charge in [-0.25, -0.2) is 9.18 Å². The van der Waals surface area contributed by atoms with E-state index >= 15 is 0 Å². The highest BCUT2D eigenvalue weighted by atomic mass is 19.1. The van der Waals surface area contributed by atoms with Crippen molar-refractivity contribution in [1.82, 2.24) is 5.32 Å². The van der Waals surface area contributed by atoms with Crippen molar-refractivity contribution in [2.75, 3.05) is 6.54 Å². The summed E-state index contributed by atoms with van der Waals surface area (Å²) in [5.41, 5.74) is 9.24. The molecule has 0 saturated carbocycles. The molecule has 0 spiro atoms. The highest BCUT2D eigenvalue weighted by Crippen LogP contribution is 2.39. The molecule has 25 heavy (non-hydrogen) atoms. The van der Waals surface area contributed by atoms with E-state index in [-0.39, 0.29) is 24.4 Å². The molecule has 0 radical (unpaired) electrons. The van der Waals surface area contributed by atoms with E-state index in [1.54, 1.807) is 0 Å². The van der Waals surface area contributed by atoms with Crippen molar-refractivity contribution in [3.63, 3.8) is 0 Å². The van der Waals surface area contributed by atoms with Crippen molar-refractivity contribution in [2.24, 2.45) is 5.73 Å². The summed E-state index contributed by atoms with van der Waals surface area (Å²) in [5.74, 6) is -0.302. The molecular weight excluding hydrogens is 319 g/mol. The van der Waals surface area contributed by atoms with E-state index in [4.69, 9.17) is 10.5 Å². The van der Waals surface area contributed by atoms with Gasteiger partial charge in [0.25, 0.3) is 0 Å². The van der Waals surface area contributed by atoms with Gasteiger partial charge in [0.05, 0.1) is 0 Å². The molecule has 3 N–H and O–H groups in total. The van der Waals surface area contributed by atoms with Gasteiger partial charge in [0.1, 0.15) is 11.9 Å². The number of nitrogens with two attached hydrogens (primary N) is 1. The lowest BCUT2D eigenvalue weighted by molar-refractivity contribution is 0.0885. The van der Waals surface area contributed by atoms with Gasteiger partial charge >= 0.3 is 6.09 Å².